The summed E-state index contributed by atoms with van der Waals surface area (Å²) < 4.78 is 0. The molecule has 0 radical (unpaired) electrons. The van der Waals surface area contributed by atoms with Crippen molar-refractivity contribution in [3.63, 3.8) is 0 Å². The summed E-state index contributed by atoms with van der Waals surface area (Å²) in [5.74, 6) is 0.673. The molecule has 0 saturated carbocycles. The zero-order chi connectivity index (χ0) is 14.1. The molecule has 1 atom stereocenters. The standard InChI is InChI=1S/C17H17N3/c1-11-3-4-14-10-15(6-5-13(14)9-11)16-7-8-19-17(20-16)12(2)18/h3-10,12H,18H2,1-2H3. The molecule has 3 aromatic rings. The van der Waals surface area contributed by atoms with E-state index in [1.807, 2.05) is 13.0 Å². The number of hydrogen-bond acceptors (Lipinski definition) is 3. The molecule has 0 amide bonds. The van der Waals surface area contributed by atoms with Gasteiger partial charge in [0.15, 0.2) is 0 Å². The third-order valence-electron chi connectivity index (χ3n) is 3.37. The summed E-state index contributed by atoms with van der Waals surface area (Å²) in [5.41, 5.74) is 9.11. The van der Waals surface area contributed by atoms with Gasteiger partial charge in [0.2, 0.25) is 0 Å². The lowest BCUT2D eigenvalue weighted by molar-refractivity contribution is 0.741. The highest BCUT2D eigenvalue weighted by Gasteiger charge is 2.06. The average Bonchev–Trinajstić information content (AvgIpc) is 2.47. The predicted molar refractivity (Wildman–Crippen MR) is 82.3 cm³/mol. The van der Waals surface area contributed by atoms with Gasteiger partial charge in [-0.05, 0) is 36.8 Å². The molecule has 2 N–H and O–H groups in total. The van der Waals surface area contributed by atoms with Gasteiger partial charge < -0.3 is 5.73 Å². The molecule has 3 nitrogen and oxygen atoms in total. The van der Waals surface area contributed by atoms with Crippen LogP contribution in [0.25, 0.3) is 22.0 Å². The Kier molecular flexibility index (Phi) is 3.20. The Morgan fingerprint density at radius 3 is 2.55 bits per heavy atom. The van der Waals surface area contributed by atoms with Crippen molar-refractivity contribution in [2.24, 2.45) is 5.73 Å². The van der Waals surface area contributed by atoms with Crippen LogP contribution >= 0.6 is 0 Å². The van der Waals surface area contributed by atoms with E-state index in [4.69, 9.17) is 5.73 Å². The van der Waals surface area contributed by atoms with Crippen LogP contribution in [0.2, 0.25) is 0 Å². The van der Waals surface area contributed by atoms with Crippen molar-refractivity contribution in [3.05, 3.63) is 60.0 Å². The summed E-state index contributed by atoms with van der Waals surface area (Å²) in [6.07, 6.45) is 1.76. The lowest BCUT2D eigenvalue weighted by atomic mass is 10.0. The number of aryl methyl sites for hydroxylation is 1. The maximum absolute atomic E-state index is 5.84. The smallest absolute Gasteiger partial charge is 0.145 e. The molecule has 3 rings (SSSR count). The summed E-state index contributed by atoms with van der Waals surface area (Å²) >= 11 is 0. The molecule has 0 fully saturated rings. The normalized spacial score (nSPS) is 12.6. The molecule has 100 valence electrons. The molecule has 20 heavy (non-hydrogen) atoms. The first-order valence-electron chi connectivity index (χ1n) is 6.73. The molecule has 0 bridgehead atoms. The molecule has 0 aliphatic heterocycles. The third kappa shape index (κ3) is 2.40. The van der Waals surface area contributed by atoms with Crippen molar-refractivity contribution in [1.29, 1.82) is 0 Å². The van der Waals surface area contributed by atoms with E-state index < -0.39 is 0 Å². The molecule has 0 aliphatic rings. The number of rotatable bonds is 2. The molecular weight excluding hydrogens is 246 g/mol. The second-order valence-electron chi connectivity index (χ2n) is 5.15. The second-order valence-corrected chi connectivity index (χ2v) is 5.15. The Labute approximate surface area is 118 Å². The van der Waals surface area contributed by atoms with Gasteiger partial charge in [0.1, 0.15) is 5.82 Å². The lowest BCUT2D eigenvalue weighted by Gasteiger charge is -2.07. The summed E-state index contributed by atoms with van der Waals surface area (Å²) in [7, 11) is 0. The van der Waals surface area contributed by atoms with E-state index in [-0.39, 0.29) is 6.04 Å². The second kappa shape index (κ2) is 5.02. The molecule has 2 aromatic carbocycles. The number of benzene rings is 2. The van der Waals surface area contributed by atoms with E-state index in [0.29, 0.717) is 5.82 Å². The van der Waals surface area contributed by atoms with Crippen molar-refractivity contribution in [2.75, 3.05) is 0 Å². The van der Waals surface area contributed by atoms with Crippen LogP contribution in [0, 0.1) is 6.92 Å². The van der Waals surface area contributed by atoms with Crippen molar-refractivity contribution in [2.45, 2.75) is 19.9 Å². The van der Waals surface area contributed by atoms with Crippen molar-refractivity contribution in [1.82, 2.24) is 9.97 Å². The van der Waals surface area contributed by atoms with Crippen LogP contribution in [0.15, 0.2) is 48.7 Å². The Morgan fingerprint density at radius 2 is 1.75 bits per heavy atom. The highest BCUT2D eigenvalue weighted by atomic mass is 14.9. The van der Waals surface area contributed by atoms with Gasteiger partial charge in [-0.2, -0.15) is 0 Å². The number of aromatic nitrogens is 2. The highest BCUT2D eigenvalue weighted by molar-refractivity contribution is 5.87. The first-order chi connectivity index (χ1) is 9.63. The average molecular weight is 263 g/mol. The van der Waals surface area contributed by atoms with Gasteiger partial charge in [-0.15, -0.1) is 0 Å². The molecule has 0 saturated heterocycles. The fourth-order valence-corrected chi connectivity index (χ4v) is 2.28. The minimum Gasteiger partial charge on any atom is -0.322 e. The predicted octanol–water partition coefficient (Wildman–Crippen LogP) is 3.62. The molecule has 0 aliphatic carbocycles. The van der Waals surface area contributed by atoms with Gasteiger partial charge in [0.05, 0.1) is 11.7 Å². The van der Waals surface area contributed by atoms with E-state index in [9.17, 15) is 0 Å². The van der Waals surface area contributed by atoms with E-state index in [1.54, 1.807) is 6.20 Å². The summed E-state index contributed by atoms with van der Waals surface area (Å²) in [4.78, 5) is 8.73. The number of fused-ring (bicyclic) bond motifs is 1. The van der Waals surface area contributed by atoms with Crippen LogP contribution in [0.4, 0.5) is 0 Å². The van der Waals surface area contributed by atoms with E-state index in [1.165, 1.54) is 16.3 Å². The third-order valence-corrected chi connectivity index (χ3v) is 3.37. The van der Waals surface area contributed by atoms with Gasteiger partial charge in [-0.3, -0.25) is 0 Å². The maximum Gasteiger partial charge on any atom is 0.145 e. The van der Waals surface area contributed by atoms with Crippen LogP contribution in [0.3, 0.4) is 0 Å². The van der Waals surface area contributed by atoms with E-state index in [2.05, 4.69) is 53.3 Å². The van der Waals surface area contributed by atoms with Crippen LogP contribution in [-0.2, 0) is 0 Å². The summed E-state index contributed by atoms with van der Waals surface area (Å²) in [5, 5.41) is 2.46. The Hall–Kier alpha value is -2.26. The molecule has 3 heteroatoms. The zero-order valence-corrected chi connectivity index (χ0v) is 11.7. The highest BCUT2D eigenvalue weighted by Crippen LogP contribution is 2.24. The van der Waals surface area contributed by atoms with Crippen molar-refractivity contribution < 1.29 is 0 Å². The fraction of sp³-hybridized carbons (Fsp3) is 0.176. The molecule has 1 unspecified atom stereocenters. The van der Waals surface area contributed by atoms with Crippen LogP contribution in [-0.4, -0.2) is 9.97 Å². The van der Waals surface area contributed by atoms with Gasteiger partial charge in [0.25, 0.3) is 0 Å². The first-order valence-corrected chi connectivity index (χ1v) is 6.73. The molecule has 0 spiro atoms. The first kappa shape index (κ1) is 12.8. The monoisotopic (exact) mass is 263 g/mol. The Morgan fingerprint density at radius 1 is 1.00 bits per heavy atom. The largest absolute Gasteiger partial charge is 0.322 e. The van der Waals surface area contributed by atoms with Gasteiger partial charge in [0, 0.05) is 11.8 Å². The lowest BCUT2D eigenvalue weighted by Crippen LogP contribution is -2.09. The topological polar surface area (TPSA) is 51.8 Å². The SMILES string of the molecule is Cc1ccc2cc(-c3ccnc(C(C)N)n3)ccc2c1. The Balaban J connectivity index is 2.10. The van der Waals surface area contributed by atoms with Gasteiger partial charge >= 0.3 is 0 Å². The number of hydrogen-bond donors (Lipinski definition) is 1. The quantitative estimate of drug-likeness (QED) is 0.768. The van der Waals surface area contributed by atoms with Gasteiger partial charge in [-0.1, -0.05) is 35.9 Å². The molecule has 1 heterocycles. The number of nitrogens with zero attached hydrogens (tertiary/aromatic N) is 2. The minimum absolute atomic E-state index is 0.155. The number of nitrogens with two attached hydrogens (primary N) is 1. The van der Waals surface area contributed by atoms with Crippen molar-refractivity contribution >= 4 is 10.8 Å². The van der Waals surface area contributed by atoms with Crippen LogP contribution in [0.5, 0.6) is 0 Å². The fourth-order valence-electron chi connectivity index (χ4n) is 2.28. The summed E-state index contributed by atoms with van der Waals surface area (Å²) in [6.45, 7) is 4.00. The Bertz CT molecular complexity index is 763. The van der Waals surface area contributed by atoms with Gasteiger partial charge in [-0.25, -0.2) is 9.97 Å². The van der Waals surface area contributed by atoms with Crippen molar-refractivity contribution in [3.8, 4) is 11.3 Å². The molecule has 1 aromatic heterocycles. The molecular formula is C17H17N3. The van der Waals surface area contributed by atoms with Crippen LogP contribution in [0.1, 0.15) is 24.4 Å². The maximum atomic E-state index is 5.84. The zero-order valence-electron chi connectivity index (χ0n) is 11.7. The van der Waals surface area contributed by atoms with Crippen LogP contribution < -0.4 is 5.73 Å². The van der Waals surface area contributed by atoms with E-state index in [0.717, 1.165) is 11.3 Å². The van der Waals surface area contributed by atoms with E-state index >= 15 is 0 Å². The summed E-state index contributed by atoms with van der Waals surface area (Å²) in [6, 6.07) is 14.6. The minimum atomic E-state index is -0.155.